The van der Waals surface area contributed by atoms with Gasteiger partial charge in [-0.25, -0.2) is 4.98 Å². The molecule has 0 saturated carbocycles. The van der Waals surface area contributed by atoms with E-state index in [1.807, 2.05) is 48.7 Å². The fourth-order valence-corrected chi connectivity index (χ4v) is 3.40. The van der Waals surface area contributed by atoms with Crippen molar-refractivity contribution in [2.24, 2.45) is 0 Å². The van der Waals surface area contributed by atoms with Crippen LogP contribution in [0, 0.1) is 6.92 Å². The quantitative estimate of drug-likeness (QED) is 0.531. The molecule has 3 aromatic carbocycles. The second-order valence-corrected chi connectivity index (χ2v) is 6.78. The van der Waals surface area contributed by atoms with E-state index in [2.05, 4.69) is 40.6 Å². The summed E-state index contributed by atoms with van der Waals surface area (Å²) in [6, 6.07) is 22.0. The number of anilines is 1. The number of fused-ring (bicyclic) bond motifs is 1. The number of rotatable bonds is 3. The normalized spacial score (nSPS) is 10.8. The van der Waals surface area contributed by atoms with Crippen LogP contribution in [0.15, 0.2) is 72.1 Å². The lowest BCUT2D eigenvalue weighted by molar-refractivity contribution is 0.102. The van der Waals surface area contributed by atoms with Crippen molar-refractivity contribution in [3.63, 3.8) is 0 Å². The predicted molar refractivity (Wildman–Crippen MR) is 104 cm³/mol. The fourth-order valence-electron chi connectivity index (χ4n) is 2.69. The maximum Gasteiger partial charge on any atom is 0.257 e. The van der Waals surface area contributed by atoms with Gasteiger partial charge in [0, 0.05) is 16.5 Å². The van der Waals surface area contributed by atoms with Crippen molar-refractivity contribution >= 4 is 33.1 Å². The van der Waals surface area contributed by atoms with Crippen molar-refractivity contribution in [3.8, 4) is 11.3 Å². The summed E-state index contributed by atoms with van der Waals surface area (Å²) in [5.74, 6) is -0.139. The Morgan fingerprint density at radius 2 is 1.72 bits per heavy atom. The Bertz CT molecular complexity index is 1050. The van der Waals surface area contributed by atoms with Gasteiger partial charge in [0.2, 0.25) is 0 Å². The van der Waals surface area contributed by atoms with Gasteiger partial charge in [-0.3, -0.25) is 10.1 Å². The molecule has 1 aromatic heterocycles. The summed E-state index contributed by atoms with van der Waals surface area (Å²) in [7, 11) is 0. The van der Waals surface area contributed by atoms with Crippen LogP contribution < -0.4 is 5.32 Å². The van der Waals surface area contributed by atoms with Crippen LogP contribution >= 0.6 is 11.3 Å². The number of hydrogen-bond donors (Lipinski definition) is 1. The summed E-state index contributed by atoms with van der Waals surface area (Å²) in [5, 5.41) is 7.83. The first-order valence-electron chi connectivity index (χ1n) is 8.02. The van der Waals surface area contributed by atoms with Crippen LogP contribution in [0.3, 0.4) is 0 Å². The molecule has 0 fully saturated rings. The van der Waals surface area contributed by atoms with Crippen LogP contribution in [0.25, 0.3) is 22.0 Å². The standard InChI is InChI=1S/C21H16N2OS/c1-14-6-8-16(9-7-14)20(24)23-21-22-19(13-25-21)18-11-10-15-4-2-3-5-17(15)12-18/h2-13H,1H3,(H,22,23,24). The minimum Gasteiger partial charge on any atom is -0.298 e. The first-order valence-corrected chi connectivity index (χ1v) is 8.90. The molecule has 4 aromatic rings. The van der Waals surface area contributed by atoms with E-state index in [0.29, 0.717) is 10.7 Å². The highest BCUT2D eigenvalue weighted by molar-refractivity contribution is 7.14. The number of hydrogen-bond acceptors (Lipinski definition) is 3. The maximum atomic E-state index is 12.3. The summed E-state index contributed by atoms with van der Waals surface area (Å²) < 4.78 is 0. The van der Waals surface area contributed by atoms with Gasteiger partial charge in [0.15, 0.2) is 5.13 Å². The third-order valence-electron chi connectivity index (χ3n) is 4.08. The average molecular weight is 344 g/mol. The Morgan fingerprint density at radius 3 is 2.52 bits per heavy atom. The van der Waals surface area contributed by atoms with Gasteiger partial charge in [-0.2, -0.15) is 0 Å². The summed E-state index contributed by atoms with van der Waals surface area (Å²) in [4.78, 5) is 16.9. The zero-order valence-electron chi connectivity index (χ0n) is 13.7. The number of aryl methyl sites for hydroxylation is 1. The fraction of sp³-hybridized carbons (Fsp3) is 0.0476. The van der Waals surface area contributed by atoms with Gasteiger partial charge in [0.05, 0.1) is 5.69 Å². The number of benzene rings is 3. The molecule has 0 aliphatic rings. The first-order chi connectivity index (χ1) is 12.2. The van der Waals surface area contributed by atoms with Crippen LogP contribution in [-0.4, -0.2) is 10.9 Å². The number of carbonyl (C=O) groups is 1. The van der Waals surface area contributed by atoms with E-state index in [0.717, 1.165) is 16.8 Å². The Kier molecular flexibility index (Phi) is 4.04. The summed E-state index contributed by atoms with van der Waals surface area (Å²) >= 11 is 1.43. The molecule has 0 radical (unpaired) electrons. The maximum absolute atomic E-state index is 12.3. The lowest BCUT2D eigenvalue weighted by Crippen LogP contribution is -2.11. The summed E-state index contributed by atoms with van der Waals surface area (Å²) in [5.41, 5.74) is 3.68. The predicted octanol–water partition coefficient (Wildman–Crippen LogP) is 5.52. The molecule has 1 amide bonds. The van der Waals surface area contributed by atoms with Crippen molar-refractivity contribution in [1.29, 1.82) is 0 Å². The van der Waals surface area contributed by atoms with Gasteiger partial charge in [0.1, 0.15) is 0 Å². The van der Waals surface area contributed by atoms with Crippen molar-refractivity contribution in [3.05, 3.63) is 83.2 Å². The lowest BCUT2D eigenvalue weighted by Gasteiger charge is -2.02. The molecular weight excluding hydrogens is 328 g/mol. The van der Waals surface area contributed by atoms with E-state index < -0.39 is 0 Å². The molecule has 0 aliphatic heterocycles. The van der Waals surface area contributed by atoms with Crippen molar-refractivity contribution in [2.45, 2.75) is 6.92 Å². The number of amides is 1. The van der Waals surface area contributed by atoms with Crippen molar-refractivity contribution < 1.29 is 4.79 Å². The molecule has 1 N–H and O–H groups in total. The van der Waals surface area contributed by atoms with Crippen LogP contribution in [0.2, 0.25) is 0 Å². The second-order valence-electron chi connectivity index (χ2n) is 5.92. The van der Waals surface area contributed by atoms with E-state index >= 15 is 0 Å². The Hall–Kier alpha value is -2.98. The topological polar surface area (TPSA) is 42.0 Å². The first kappa shape index (κ1) is 15.5. The molecule has 0 unspecified atom stereocenters. The van der Waals surface area contributed by atoms with Crippen LogP contribution in [0.4, 0.5) is 5.13 Å². The second kappa shape index (κ2) is 6.49. The molecule has 3 nitrogen and oxygen atoms in total. The molecule has 122 valence electrons. The molecule has 1 heterocycles. The third-order valence-corrected chi connectivity index (χ3v) is 4.84. The van der Waals surface area contributed by atoms with Gasteiger partial charge in [-0.15, -0.1) is 11.3 Å². The summed E-state index contributed by atoms with van der Waals surface area (Å²) in [6.45, 7) is 2.00. The number of carbonyl (C=O) groups excluding carboxylic acids is 1. The molecule has 4 rings (SSSR count). The zero-order chi connectivity index (χ0) is 17.2. The molecule has 25 heavy (non-hydrogen) atoms. The van der Waals surface area contributed by atoms with Crippen LogP contribution in [-0.2, 0) is 0 Å². The van der Waals surface area contributed by atoms with Gasteiger partial charge < -0.3 is 0 Å². The van der Waals surface area contributed by atoms with Crippen LogP contribution in [0.5, 0.6) is 0 Å². The highest BCUT2D eigenvalue weighted by Gasteiger charge is 2.10. The minimum absolute atomic E-state index is 0.139. The highest BCUT2D eigenvalue weighted by Crippen LogP contribution is 2.28. The van der Waals surface area contributed by atoms with Gasteiger partial charge in [0.25, 0.3) is 5.91 Å². The molecule has 0 saturated heterocycles. The lowest BCUT2D eigenvalue weighted by atomic mass is 10.1. The molecule has 0 spiro atoms. The zero-order valence-corrected chi connectivity index (χ0v) is 14.5. The van der Waals surface area contributed by atoms with Crippen molar-refractivity contribution in [2.75, 3.05) is 5.32 Å². The van der Waals surface area contributed by atoms with E-state index in [-0.39, 0.29) is 5.91 Å². The van der Waals surface area contributed by atoms with E-state index in [9.17, 15) is 4.79 Å². The molecule has 0 atom stereocenters. The monoisotopic (exact) mass is 344 g/mol. The van der Waals surface area contributed by atoms with Gasteiger partial charge >= 0.3 is 0 Å². The number of nitrogens with one attached hydrogen (secondary N) is 1. The number of thiazole rings is 1. The van der Waals surface area contributed by atoms with E-state index in [4.69, 9.17) is 0 Å². The molecular formula is C21H16N2OS. The van der Waals surface area contributed by atoms with E-state index in [1.54, 1.807) is 0 Å². The number of aromatic nitrogens is 1. The minimum atomic E-state index is -0.139. The Morgan fingerprint density at radius 1 is 0.960 bits per heavy atom. The largest absolute Gasteiger partial charge is 0.298 e. The number of nitrogens with zero attached hydrogens (tertiary/aromatic N) is 1. The van der Waals surface area contributed by atoms with E-state index in [1.165, 1.54) is 22.1 Å². The summed E-state index contributed by atoms with van der Waals surface area (Å²) in [6.07, 6.45) is 0. The Balaban J connectivity index is 1.56. The van der Waals surface area contributed by atoms with Crippen molar-refractivity contribution in [1.82, 2.24) is 4.98 Å². The average Bonchev–Trinajstić information content (AvgIpc) is 3.10. The SMILES string of the molecule is Cc1ccc(C(=O)Nc2nc(-c3ccc4ccccc4c3)cs2)cc1. The Labute approximate surface area is 150 Å². The smallest absolute Gasteiger partial charge is 0.257 e. The molecule has 4 heteroatoms. The van der Waals surface area contributed by atoms with Gasteiger partial charge in [-0.05, 0) is 35.9 Å². The highest BCUT2D eigenvalue weighted by atomic mass is 32.1. The molecule has 0 bridgehead atoms. The third kappa shape index (κ3) is 3.30. The van der Waals surface area contributed by atoms with Crippen LogP contribution in [0.1, 0.15) is 15.9 Å². The molecule has 0 aliphatic carbocycles. The van der Waals surface area contributed by atoms with Gasteiger partial charge in [-0.1, -0.05) is 54.1 Å².